The summed E-state index contributed by atoms with van der Waals surface area (Å²) in [6.07, 6.45) is 5.44. The summed E-state index contributed by atoms with van der Waals surface area (Å²) in [5.74, 6) is -2.02. The van der Waals surface area contributed by atoms with Gasteiger partial charge in [0.15, 0.2) is 11.5 Å². The van der Waals surface area contributed by atoms with Gasteiger partial charge < -0.3 is 9.84 Å². The average Bonchev–Trinajstić information content (AvgIpc) is 3.58. The minimum Gasteiger partial charge on any atom is -0.355 e. The van der Waals surface area contributed by atoms with Gasteiger partial charge in [-0.15, -0.1) is 0 Å². The first-order valence-electron chi connectivity index (χ1n) is 12.2. The number of hydrogen-bond donors (Lipinski definition) is 1. The molecule has 0 radical (unpaired) electrons. The third-order valence-corrected chi connectivity index (χ3v) is 6.70. The van der Waals surface area contributed by atoms with Crippen LogP contribution in [0, 0.1) is 25.5 Å². The molecule has 0 fully saturated rings. The van der Waals surface area contributed by atoms with Crippen molar-refractivity contribution in [1.82, 2.24) is 30.2 Å². The lowest BCUT2D eigenvalue weighted by Crippen LogP contribution is -2.40. The Balaban J connectivity index is 1.44. The van der Waals surface area contributed by atoms with Crippen LogP contribution in [-0.4, -0.2) is 37.4 Å². The van der Waals surface area contributed by atoms with E-state index in [2.05, 4.69) is 20.6 Å². The van der Waals surface area contributed by atoms with Gasteiger partial charge in [-0.3, -0.25) is 19.4 Å². The molecule has 0 aliphatic rings. The summed E-state index contributed by atoms with van der Waals surface area (Å²) in [6, 6.07) is 12.2. The molecule has 5 aromatic rings. The number of carbonyl (C=O) groups excluding carboxylic acids is 1. The minimum absolute atomic E-state index is 0.00472. The fraction of sp³-hybridized carbons (Fsp3) is 0.207. The second kappa shape index (κ2) is 10.2. The predicted molar refractivity (Wildman–Crippen MR) is 141 cm³/mol. The highest BCUT2D eigenvalue weighted by Crippen LogP contribution is 2.32. The Morgan fingerprint density at radius 2 is 1.90 bits per heavy atom. The summed E-state index contributed by atoms with van der Waals surface area (Å²) in [7, 11) is 1.82. The molecule has 1 N–H and O–H groups in total. The summed E-state index contributed by atoms with van der Waals surface area (Å²) in [5, 5.41) is 11.0. The van der Waals surface area contributed by atoms with Crippen LogP contribution in [0.25, 0.3) is 22.6 Å². The van der Waals surface area contributed by atoms with Gasteiger partial charge in [0.1, 0.15) is 11.6 Å². The van der Waals surface area contributed by atoms with Crippen molar-refractivity contribution in [3.05, 3.63) is 107 Å². The van der Waals surface area contributed by atoms with E-state index < -0.39 is 23.0 Å². The molecule has 0 aliphatic heterocycles. The molecule has 0 aliphatic carbocycles. The van der Waals surface area contributed by atoms with Crippen molar-refractivity contribution in [1.29, 1.82) is 0 Å². The van der Waals surface area contributed by atoms with E-state index in [0.29, 0.717) is 0 Å². The number of halogens is 2. The van der Waals surface area contributed by atoms with Gasteiger partial charge in [-0.1, -0.05) is 11.2 Å². The monoisotopic (exact) mass is 528 g/mol. The van der Waals surface area contributed by atoms with Gasteiger partial charge in [-0.2, -0.15) is 5.10 Å². The molecule has 10 heteroatoms. The van der Waals surface area contributed by atoms with E-state index in [1.54, 1.807) is 10.9 Å². The first-order valence-corrected chi connectivity index (χ1v) is 12.2. The Kier molecular flexibility index (Phi) is 6.78. The molecule has 1 amide bonds. The van der Waals surface area contributed by atoms with Crippen LogP contribution >= 0.6 is 0 Å². The zero-order valence-electron chi connectivity index (χ0n) is 21.9. The zero-order valence-corrected chi connectivity index (χ0v) is 21.9. The maximum Gasteiger partial charge on any atom is 0.273 e. The van der Waals surface area contributed by atoms with Crippen LogP contribution in [0.4, 0.5) is 8.78 Å². The summed E-state index contributed by atoms with van der Waals surface area (Å²) < 4.78 is 34.3. The third kappa shape index (κ3) is 5.18. The molecule has 1 unspecified atom stereocenters. The summed E-state index contributed by atoms with van der Waals surface area (Å²) in [5.41, 5.74) is 4.37. The molecule has 0 spiro atoms. The maximum absolute atomic E-state index is 14.2. The van der Waals surface area contributed by atoms with Gasteiger partial charge in [-0.05, 0) is 56.7 Å². The smallest absolute Gasteiger partial charge is 0.273 e. The molecular formula is C29H26F2N6O2. The highest BCUT2D eigenvalue weighted by molar-refractivity contribution is 5.93. The van der Waals surface area contributed by atoms with Gasteiger partial charge >= 0.3 is 0 Å². The average molecular weight is 529 g/mol. The van der Waals surface area contributed by atoms with E-state index in [1.807, 2.05) is 64.5 Å². The Hall–Kier alpha value is -4.73. The molecule has 0 saturated heterocycles. The van der Waals surface area contributed by atoms with Crippen molar-refractivity contribution in [3.63, 3.8) is 0 Å². The highest BCUT2D eigenvalue weighted by atomic mass is 19.1. The van der Waals surface area contributed by atoms with Crippen LogP contribution in [0.1, 0.15) is 39.9 Å². The molecule has 4 heterocycles. The van der Waals surface area contributed by atoms with Crippen molar-refractivity contribution < 1.29 is 18.1 Å². The van der Waals surface area contributed by atoms with Crippen molar-refractivity contribution in [2.24, 2.45) is 7.05 Å². The largest absolute Gasteiger partial charge is 0.355 e. The van der Waals surface area contributed by atoms with Crippen molar-refractivity contribution in [3.8, 4) is 22.6 Å². The molecule has 5 rings (SSSR count). The van der Waals surface area contributed by atoms with Crippen LogP contribution in [0.3, 0.4) is 0 Å². The molecule has 8 nitrogen and oxygen atoms in total. The Morgan fingerprint density at radius 1 is 1.08 bits per heavy atom. The fourth-order valence-corrected chi connectivity index (χ4v) is 4.38. The SMILES string of the molecule is Cc1cnc(C)c(-c2cccc(C(C)(CNC(=O)c3cc(-c4ccc(F)cc4F)on3)c3cnn(C)c3)n2)c1. The molecule has 1 aromatic carbocycles. The molecular weight excluding hydrogens is 502 g/mol. The van der Waals surface area contributed by atoms with Gasteiger partial charge in [0.25, 0.3) is 5.91 Å². The Morgan fingerprint density at radius 3 is 2.64 bits per heavy atom. The van der Waals surface area contributed by atoms with Gasteiger partial charge in [0.2, 0.25) is 0 Å². The van der Waals surface area contributed by atoms with Gasteiger partial charge in [-0.25, -0.2) is 8.78 Å². The van der Waals surface area contributed by atoms with E-state index in [1.165, 1.54) is 12.1 Å². The summed E-state index contributed by atoms with van der Waals surface area (Å²) in [6.45, 7) is 6.05. The van der Waals surface area contributed by atoms with Gasteiger partial charge in [0, 0.05) is 54.9 Å². The molecule has 0 saturated carbocycles. The van der Waals surface area contributed by atoms with Crippen LogP contribution < -0.4 is 5.32 Å². The lowest BCUT2D eigenvalue weighted by atomic mass is 9.80. The van der Waals surface area contributed by atoms with Crippen molar-refractivity contribution >= 4 is 5.91 Å². The second-order valence-corrected chi connectivity index (χ2v) is 9.67. The maximum atomic E-state index is 14.2. The first-order chi connectivity index (χ1) is 18.6. The Labute approximate surface area is 223 Å². The third-order valence-electron chi connectivity index (χ3n) is 6.70. The second-order valence-electron chi connectivity index (χ2n) is 9.67. The van der Waals surface area contributed by atoms with Crippen LogP contribution in [0.15, 0.2) is 71.6 Å². The predicted octanol–water partition coefficient (Wildman–Crippen LogP) is 5.16. The lowest BCUT2D eigenvalue weighted by molar-refractivity contribution is 0.0938. The van der Waals surface area contributed by atoms with Crippen LogP contribution in [-0.2, 0) is 12.5 Å². The topological polar surface area (TPSA) is 98.7 Å². The number of pyridine rings is 2. The van der Waals surface area contributed by atoms with E-state index in [4.69, 9.17) is 9.51 Å². The van der Waals surface area contributed by atoms with E-state index in [9.17, 15) is 13.6 Å². The number of aromatic nitrogens is 5. The van der Waals surface area contributed by atoms with E-state index in [-0.39, 0.29) is 23.6 Å². The number of benzene rings is 1. The molecule has 1 atom stereocenters. The van der Waals surface area contributed by atoms with Crippen molar-refractivity contribution in [2.45, 2.75) is 26.2 Å². The number of carbonyl (C=O) groups is 1. The minimum atomic E-state index is -0.813. The number of nitrogens with one attached hydrogen (secondary N) is 1. The number of hydrogen-bond acceptors (Lipinski definition) is 6. The molecule has 0 bridgehead atoms. The number of amides is 1. The first kappa shape index (κ1) is 25.9. The molecule has 39 heavy (non-hydrogen) atoms. The van der Waals surface area contributed by atoms with Crippen molar-refractivity contribution in [2.75, 3.05) is 6.54 Å². The number of aryl methyl sites for hydroxylation is 3. The Bertz CT molecular complexity index is 1680. The lowest BCUT2D eigenvalue weighted by Gasteiger charge is -2.29. The van der Waals surface area contributed by atoms with Crippen LogP contribution in [0.2, 0.25) is 0 Å². The number of rotatable bonds is 7. The van der Waals surface area contributed by atoms with Crippen LogP contribution in [0.5, 0.6) is 0 Å². The summed E-state index contributed by atoms with van der Waals surface area (Å²) in [4.78, 5) is 22.5. The zero-order chi connectivity index (χ0) is 27.7. The quantitative estimate of drug-likeness (QED) is 0.313. The molecule has 198 valence electrons. The highest BCUT2D eigenvalue weighted by Gasteiger charge is 2.33. The molecule has 4 aromatic heterocycles. The fourth-order valence-electron chi connectivity index (χ4n) is 4.38. The van der Waals surface area contributed by atoms with E-state index in [0.717, 1.165) is 45.9 Å². The normalized spacial score (nSPS) is 12.8. The summed E-state index contributed by atoms with van der Waals surface area (Å²) >= 11 is 0. The standard InChI is InChI=1S/C29H26F2N6O2/c1-17-10-22(18(2)32-13-17)24-6-5-7-27(35-24)29(3,19-14-34-37(4)15-19)16-33-28(38)25-12-26(39-36-25)21-9-8-20(30)11-23(21)31/h5-15H,16H2,1-4H3,(H,33,38). The number of nitrogens with zero attached hydrogens (tertiary/aromatic N) is 5. The van der Waals surface area contributed by atoms with E-state index >= 15 is 0 Å². The van der Waals surface area contributed by atoms with Gasteiger partial charge in [0.05, 0.1) is 28.6 Å².